The Morgan fingerprint density at radius 2 is 1.77 bits per heavy atom. The summed E-state index contributed by atoms with van der Waals surface area (Å²) in [6.45, 7) is 5.47. The Labute approximate surface area is 179 Å². The van der Waals surface area contributed by atoms with E-state index in [-0.39, 0.29) is 5.91 Å². The Kier molecular flexibility index (Phi) is 5.15. The van der Waals surface area contributed by atoms with E-state index in [1.165, 1.54) is 44.5 Å². The number of rotatable bonds is 6. The lowest BCUT2D eigenvalue weighted by atomic mass is 9.86. The van der Waals surface area contributed by atoms with Crippen LogP contribution in [0.4, 0.5) is 11.4 Å². The van der Waals surface area contributed by atoms with Crippen molar-refractivity contribution in [2.24, 2.45) is 11.3 Å². The molecule has 2 heterocycles. The third-order valence-electron chi connectivity index (χ3n) is 6.86. The largest absolute Gasteiger partial charge is 0.493 e. The summed E-state index contributed by atoms with van der Waals surface area (Å²) in [7, 11) is 2.23. The summed E-state index contributed by atoms with van der Waals surface area (Å²) in [5.41, 5.74) is 3.18. The topological polar surface area (TPSA) is 44.8 Å². The molecule has 1 atom stereocenters. The highest BCUT2D eigenvalue weighted by molar-refractivity contribution is 6.04. The van der Waals surface area contributed by atoms with Crippen molar-refractivity contribution in [1.29, 1.82) is 0 Å². The number of hydrogen-bond donors (Lipinski definition) is 1. The number of nitrogens with zero attached hydrogens (tertiary/aromatic N) is 2. The van der Waals surface area contributed by atoms with Gasteiger partial charge in [0.25, 0.3) is 5.91 Å². The molecule has 2 aromatic carbocycles. The van der Waals surface area contributed by atoms with E-state index in [0.717, 1.165) is 37.1 Å². The molecular weight excluding hydrogens is 374 g/mol. The lowest BCUT2D eigenvalue weighted by Gasteiger charge is -2.25. The van der Waals surface area contributed by atoms with E-state index in [9.17, 15) is 4.79 Å². The Morgan fingerprint density at radius 3 is 2.43 bits per heavy atom. The highest BCUT2D eigenvalue weighted by Gasteiger charge is 2.42. The van der Waals surface area contributed by atoms with Crippen LogP contribution in [-0.4, -0.2) is 50.6 Å². The minimum absolute atomic E-state index is 0.0920. The molecule has 0 radical (unpaired) electrons. The van der Waals surface area contributed by atoms with Crippen molar-refractivity contribution in [1.82, 2.24) is 4.90 Å². The van der Waals surface area contributed by atoms with Crippen molar-refractivity contribution in [3.05, 3.63) is 54.1 Å². The van der Waals surface area contributed by atoms with Gasteiger partial charge in [0.2, 0.25) is 0 Å². The van der Waals surface area contributed by atoms with E-state index in [1.54, 1.807) is 0 Å². The molecule has 30 heavy (non-hydrogen) atoms. The van der Waals surface area contributed by atoms with Crippen LogP contribution >= 0.6 is 0 Å². The highest BCUT2D eigenvalue weighted by Crippen LogP contribution is 2.40. The summed E-state index contributed by atoms with van der Waals surface area (Å²) >= 11 is 0. The fourth-order valence-corrected chi connectivity index (χ4v) is 4.81. The normalized spacial score (nSPS) is 23.8. The van der Waals surface area contributed by atoms with Crippen LogP contribution in [0.5, 0.6) is 5.75 Å². The van der Waals surface area contributed by atoms with Gasteiger partial charge in [-0.3, -0.25) is 4.79 Å². The minimum atomic E-state index is -0.0920. The van der Waals surface area contributed by atoms with Crippen molar-refractivity contribution in [3.63, 3.8) is 0 Å². The average Bonchev–Trinajstić information content (AvgIpc) is 3.40. The second kappa shape index (κ2) is 7.95. The van der Waals surface area contributed by atoms with Gasteiger partial charge in [-0.05, 0) is 93.7 Å². The molecule has 158 valence electrons. The maximum absolute atomic E-state index is 12.6. The molecule has 5 rings (SSSR count). The van der Waals surface area contributed by atoms with Gasteiger partial charge in [-0.2, -0.15) is 0 Å². The lowest BCUT2D eigenvalue weighted by Crippen LogP contribution is -2.29. The fraction of sp³-hybridized carbons (Fsp3) is 0.480. The summed E-state index contributed by atoms with van der Waals surface area (Å²) < 4.78 is 5.75. The molecule has 1 spiro atoms. The first-order valence-electron chi connectivity index (χ1n) is 11.2. The zero-order valence-electron chi connectivity index (χ0n) is 17.8. The second-order valence-electron chi connectivity index (χ2n) is 9.44. The molecule has 2 saturated heterocycles. The number of carbonyl (C=O) groups excluding carboxylic acids is 1. The summed E-state index contributed by atoms with van der Waals surface area (Å²) in [4.78, 5) is 17.5. The van der Waals surface area contributed by atoms with Crippen LogP contribution in [0.3, 0.4) is 0 Å². The molecule has 1 saturated carbocycles. The van der Waals surface area contributed by atoms with E-state index in [1.807, 2.05) is 36.4 Å². The van der Waals surface area contributed by atoms with Crippen LogP contribution in [0, 0.1) is 11.3 Å². The monoisotopic (exact) mass is 405 g/mol. The van der Waals surface area contributed by atoms with Gasteiger partial charge in [-0.15, -0.1) is 0 Å². The number of ether oxygens (including phenoxy) is 1. The van der Waals surface area contributed by atoms with E-state index in [2.05, 4.69) is 34.3 Å². The maximum Gasteiger partial charge on any atom is 0.255 e. The predicted octanol–water partition coefficient (Wildman–Crippen LogP) is 4.26. The third kappa shape index (κ3) is 4.31. The molecule has 5 heteroatoms. The van der Waals surface area contributed by atoms with Gasteiger partial charge in [0.15, 0.2) is 0 Å². The summed E-state index contributed by atoms with van der Waals surface area (Å²) in [5, 5.41) is 3.01. The Hall–Kier alpha value is -2.53. The molecule has 3 fully saturated rings. The standard InChI is InChI=1S/C25H31N3O2/c1-27-14-12-25(17-27)13-15-28(18-25)22-8-6-21(7-9-22)26-24(29)20-4-10-23(11-5-20)30-16-19-2-3-19/h4-11,19H,2-3,12-18H2,1H3,(H,26,29). The van der Waals surface area contributed by atoms with Crippen molar-refractivity contribution in [2.45, 2.75) is 25.7 Å². The summed E-state index contributed by atoms with van der Waals surface area (Å²) in [5.74, 6) is 1.46. The van der Waals surface area contributed by atoms with Crippen molar-refractivity contribution < 1.29 is 9.53 Å². The maximum atomic E-state index is 12.6. The second-order valence-corrected chi connectivity index (χ2v) is 9.44. The molecular formula is C25H31N3O2. The number of anilines is 2. The van der Waals surface area contributed by atoms with Crippen LogP contribution in [0.2, 0.25) is 0 Å². The van der Waals surface area contributed by atoms with Gasteiger partial charge in [-0.25, -0.2) is 0 Å². The fourth-order valence-electron chi connectivity index (χ4n) is 4.81. The molecule has 2 aliphatic heterocycles. The summed E-state index contributed by atoms with van der Waals surface area (Å²) in [6, 6.07) is 15.7. The SMILES string of the molecule is CN1CCC2(CCN(c3ccc(NC(=O)c4ccc(OCC5CC5)cc4)cc3)C2)C1. The Balaban J connectivity index is 1.16. The zero-order chi connectivity index (χ0) is 20.6. The zero-order valence-corrected chi connectivity index (χ0v) is 17.8. The molecule has 1 N–H and O–H groups in total. The van der Waals surface area contributed by atoms with Crippen LogP contribution in [-0.2, 0) is 0 Å². The first kappa shape index (κ1) is 19.4. The smallest absolute Gasteiger partial charge is 0.255 e. The first-order chi connectivity index (χ1) is 14.6. The van der Waals surface area contributed by atoms with Gasteiger partial charge in [-0.1, -0.05) is 0 Å². The minimum Gasteiger partial charge on any atom is -0.493 e. The van der Waals surface area contributed by atoms with Gasteiger partial charge < -0.3 is 19.9 Å². The molecule has 1 unspecified atom stereocenters. The number of carbonyl (C=O) groups is 1. The number of nitrogens with one attached hydrogen (secondary N) is 1. The number of hydrogen-bond acceptors (Lipinski definition) is 4. The van der Waals surface area contributed by atoms with Crippen LogP contribution in [0.25, 0.3) is 0 Å². The lowest BCUT2D eigenvalue weighted by molar-refractivity contribution is 0.102. The number of benzene rings is 2. The Bertz CT molecular complexity index is 892. The number of likely N-dealkylation sites (tertiary alicyclic amines) is 1. The molecule has 0 aromatic heterocycles. The van der Waals surface area contributed by atoms with E-state index >= 15 is 0 Å². The van der Waals surface area contributed by atoms with Crippen LogP contribution in [0.15, 0.2) is 48.5 Å². The molecule has 2 aromatic rings. The van der Waals surface area contributed by atoms with Crippen LogP contribution < -0.4 is 15.0 Å². The van der Waals surface area contributed by atoms with E-state index in [4.69, 9.17) is 4.74 Å². The molecule has 1 amide bonds. The van der Waals surface area contributed by atoms with Gasteiger partial charge in [0.1, 0.15) is 5.75 Å². The number of amides is 1. The van der Waals surface area contributed by atoms with Gasteiger partial charge >= 0.3 is 0 Å². The Morgan fingerprint density at radius 1 is 1.03 bits per heavy atom. The third-order valence-corrected chi connectivity index (χ3v) is 6.86. The van der Waals surface area contributed by atoms with E-state index < -0.39 is 0 Å². The van der Waals surface area contributed by atoms with Crippen molar-refractivity contribution in [2.75, 3.05) is 50.1 Å². The first-order valence-corrected chi connectivity index (χ1v) is 11.2. The predicted molar refractivity (Wildman–Crippen MR) is 120 cm³/mol. The van der Waals surface area contributed by atoms with Gasteiger partial charge in [0, 0.05) is 42.0 Å². The average molecular weight is 406 g/mol. The molecule has 0 bridgehead atoms. The molecule has 3 aliphatic rings. The van der Waals surface area contributed by atoms with Crippen molar-refractivity contribution >= 4 is 17.3 Å². The molecule has 1 aliphatic carbocycles. The van der Waals surface area contributed by atoms with E-state index in [0.29, 0.717) is 11.0 Å². The van der Waals surface area contributed by atoms with Crippen LogP contribution in [0.1, 0.15) is 36.0 Å². The molecule has 5 nitrogen and oxygen atoms in total. The van der Waals surface area contributed by atoms with Gasteiger partial charge in [0.05, 0.1) is 6.61 Å². The highest BCUT2D eigenvalue weighted by atomic mass is 16.5. The van der Waals surface area contributed by atoms with Crippen molar-refractivity contribution in [3.8, 4) is 5.75 Å². The summed E-state index contributed by atoms with van der Waals surface area (Å²) in [6.07, 6.45) is 5.12. The quantitative estimate of drug-likeness (QED) is 0.780.